The largest absolute Gasteiger partial charge is 0.0587 e. The van der Waals surface area contributed by atoms with Crippen LogP contribution in [0.15, 0.2) is 6.07 Å². The Morgan fingerprint density at radius 2 is 0.714 bits per heavy atom. The Bertz CT molecular complexity index is 435. The summed E-state index contributed by atoms with van der Waals surface area (Å²) in [5.41, 5.74) is 8.01. The lowest BCUT2D eigenvalue weighted by Gasteiger charge is -2.31. The summed E-state index contributed by atoms with van der Waals surface area (Å²) in [4.78, 5) is 0. The Kier molecular flexibility index (Phi) is 6.08. The summed E-state index contributed by atoms with van der Waals surface area (Å²) in [6, 6.07) is 2.52. The summed E-state index contributed by atoms with van der Waals surface area (Å²) in [6.45, 7) is 23.5. The highest BCUT2D eigenvalue weighted by atomic mass is 14.3. The number of hydrogen-bond donors (Lipinski definition) is 0. The first-order chi connectivity index (χ1) is 9.59. The zero-order valence-corrected chi connectivity index (χ0v) is 16.0. The second kappa shape index (κ2) is 6.99. The van der Waals surface area contributed by atoms with E-state index in [1.54, 1.807) is 27.8 Å². The van der Waals surface area contributed by atoms with Crippen molar-refractivity contribution < 1.29 is 0 Å². The monoisotopic (exact) mass is 288 g/mol. The molecule has 0 atom stereocenters. The van der Waals surface area contributed by atoms with Gasteiger partial charge in [-0.3, -0.25) is 0 Å². The highest BCUT2D eigenvalue weighted by Gasteiger charge is 2.25. The molecule has 1 aromatic rings. The molecule has 21 heavy (non-hydrogen) atoms. The van der Waals surface area contributed by atoms with Crippen molar-refractivity contribution >= 4 is 0 Å². The van der Waals surface area contributed by atoms with Gasteiger partial charge in [-0.15, -0.1) is 0 Å². The minimum atomic E-state index is 0.594. The minimum Gasteiger partial charge on any atom is -0.0587 e. The van der Waals surface area contributed by atoms with Crippen LogP contribution in [0.1, 0.15) is 127 Å². The van der Waals surface area contributed by atoms with Crippen molar-refractivity contribution in [2.24, 2.45) is 0 Å². The Morgan fingerprint density at radius 1 is 0.429 bits per heavy atom. The molecule has 0 aromatic heterocycles. The van der Waals surface area contributed by atoms with E-state index >= 15 is 0 Å². The van der Waals surface area contributed by atoms with Crippen LogP contribution in [-0.2, 0) is 0 Å². The average Bonchev–Trinajstić information content (AvgIpc) is 2.34. The maximum absolute atomic E-state index is 2.52. The Morgan fingerprint density at radius 3 is 0.905 bits per heavy atom. The van der Waals surface area contributed by atoms with Crippen LogP contribution in [0.3, 0.4) is 0 Å². The van der Waals surface area contributed by atoms with Gasteiger partial charge in [0.05, 0.1) is 0 Å². The lowest BCUT2D eigenvalue weighted by molar-refractivity contribution is 0.698. The predicted octanol–water partition coefficient (Wildman–Crippen LogP) is 7.30. The van der Waals surface area contributed by atoms with E-state index in [0.29, 0.717) is 29.6 Å². The molecule has 0 N–H and O–H groups in total. The van der Waals surface area contributed by atoms with Gasteiger partial charge in [-0.25, -0.2) is 0 Å². The fourth-order valence-electron chi connectivity index (χ4n) is 3.65. The molecular formula is C21H36. The summed E-state index contributed by atoms with van der Waals surface area (Å²) in [5.74, 6) is 2.98. The van der Waals surface area contributed by atoms with E-state index in [-0.39, 0.29) is 0 Å². The third kappa shape index (κ3) is 3.71. The second-order valence-corrected chi connectivity index (χ2v) is 8.07. The Hall–Kier alpha value is -0.780. The highest BCUT2D eigenvalue weighted by Crippen LogP contribution is 2.42. The third-order valence-corrected chi connectivity index (χ3v) is 4.49. The first kappa shape index (κ1) is 18.3. The molecule has 1 rings (SSSR count). The standard InChI is InChI=1S/C21H36/c1-12(2)17-11-18(13(3)4)20(15(7)8)21(16(9)10)19(17)14(5)6/h11-16H,1-10H3. The van der Waals surface area contributed by atoms with Crippen LogP contribution in [0.5, 0.6) is 0 Å². The van der Waals surface area contributed by atoms with Crippen molar-refractivity contribution in [3.05, 3.63) is 33.9 Å². The lowest BCUT2D eigenvalue weighted by atomic mass is 9.74. The quantitative estimate of drug-likeness (QED) is 0.533. The Labute approximate surface area is 133 Å². The second-order valence-electron chi connectivity index (χ2n) is 8.07. The molecule has 120 valence electrons. The van der Waals surface area contributed by atoms with E-state index in [4.69, 9.17) is 0 Å². The minimum absolute atomic E-state index is 0.594. The van der Waals surface area contributed by atoms with Gasteiger partial charge in [0, 0.05) is 0 Å². The molecule has 0 saturated heterocycles. The molecule has 0 heterocycles. The van der Waals surface area contributed by atoms with E-state index < -0.39 is 0 Å². The summed E-state index contributed by atoms with van der Waals surface area (Å²) in [5, 5.41) is 0. The fraction of sp³-hybridized carbons (Fsp3) is 0.714. The van der Waals surface area contributed by atoms with E-state index in [0.717, 1.165) is 0 Å². The molecular weight excluding hydrogens is 252 g/mol. The molecule has 0 unspecified atom stereocenters. The molecule has 0 nitrogen and oxygen atoms in total. The van der Waals surface area contributed by atoms with Gasteiger partial charge in [-0.05, 0) is 57.4 Å². The summed E-state index contributed by atoms with van der Waals surface area (Å²) in [6.07, 6.45) is 0. The van der Waals surface area contributed by atoms with E-state index in [1.165, 1.54) is 0 Å². The first-order valence-corrected chi connectivity index (χ1v) is 8.79. The van der Waals surface area contributed by atoms with Crippen molar-refractivity contribution in [3.63, 3.8) is 0 Å². The molecule has 0 heteroatoms. The fourth-order valence-corrected chi connectivity index (χ4v) is 3.65. The van der Waals surface area contributed by atoms with Gasteiger partial charge in [0.25, 0.3) is 0 Å². The third-order valence-electron chi connectivity index (χ3n) is 4.49. The van der Waals surface area contributed by atoms with Crippen molar-refractivity contribution in [3.8, 4) is 0 Å². The summed E-state index contributed by atoms with van der Waals surface area (Å²) < 4.78 is 0. The summed E-state index contributed by atoms with van der Waals surface area (Å²) in [7, 11) is 0. The number of benzene rings is 1. The van der Waals surface area contributed by atoms with Gasteiger partial charge >= 0.3 is 0 Å². The summed E-state index contributed by atoms with van der Waals surface area (Å²) >= 11 is 0. The van der Waals surface area contributed by atoms with Gasteiger partial charge < -0.3 is 0 Å². The SMILES string of the molecule is CC(C)c1cc(C(C)C)c(C(C)C)c(C(C)C)c1C(C)C. The molecule has 1 aromatic carbocycles. The van der Waals surface area contributed by atoms with Crippen LogP contribution in [0.25, 0.3) is 0 Å². The highest BCUT2D eigenvalue weighted by molar-refractivity contribution is 5.52. The Balaban J connectivity index is 3.89. The first-order valence-electron chi connectivity index (χ1n) is 8.79. The van der Waals surface area contributed by atoms with Crippen LogP contribution in [-0.4, -0.2) is 0 Å². The van der Waals surface area contributed by atoms with Gasteiger partial charge in [-0.1, -0.05) is 75.3 Å². The lowest BCUT2D eigenvalue weighted by Crippen LogP contribution is -2.14. The number of rotatable bonds is 5. The molecule has 0 aliphatic rings. The molecule has 0 bridgehead atoms. The van der Waals surface area contributed by atoms with Crippen LogP contribution in [0, 0.1) is 0 Å². The molecule has 0 saturated carbocycles. The van der Waals surface area contributed by atoms with Gasteiger partial charge in [0.15, 0.2) is 0 Å². The molecule has 0 fully saturated rings. The van der Waals surface area contributed by atoms with E-state index in [2.05, 4.69) is 75.3 Å². The van der Waals surface area contributed by atoms with Crippen molar-refractivity contribution in [1.29, 1.82) is 0 Å². The number of hydrogen-bond acceptors (Lipinski definition) is 0. The zero-order chi connectivity index (χ0) is 16.5. The van der Waals surface area contributed by atoms with E-state index in [9.17, 15) is 0 Å². The van der Waals surface area contributed by atoms with Gasteiger partial charge in [0.2, 0.25) is 0 Å². The van der Waals surface area contributed by atoms with E-state index in [1.807, 2.05) is 0 Å². The van der Waals surface area contributed by atoms with Crippen molar-refractivity contribution in [2.75, 3.05) is 0 Å². The average molecular weight is 289 g/mol. The van der Waals surface area contributed by atoms with Crippen LogP contribution in [0.2, 0.25) is 0 Å². The molecule has 0 spiro atoms. The smallest absolute Gasteiger partial charge is 0.0213 e. The maximum Gasteiger partial charge on any atom is -0.0213 e. The maximum atomic E-state index is 2.52. The van der Waals surface area contributed by atoms with Crippen LogP contribution < -0.4 is 0 Å². The van der Waals surface area contributed by atoms with Crippen molar-refractivity contribution in [2.45, 2.75) is 98.8 Å². The topological polar surface area (TPSA) is 0 Å². The normalized spacial score (nSPS) is 12.5. The molecule has 0 aliphatic carbocycles. The van der Waals surface area contributed by atoms with Crippen LogP contribution >= 0.6 is 0 Å². The van der Waals surface area contributed by atoms with Gasteiger partial charge in [-0.2, -0.15) is 0 Å². The molecule has 0 aliphatic heterocycles. The van der Waals surface area contributed by atoms with Gasteiger partial charge in [0.1, 0.15) is 0 Å². The van der Waals surface area contributed by atoms with Crippen LogP contribution in [0.4, 0.5) is 0 Å². The predicted molar refractivity (Wildman–Crippen MR) is 96.9 cm³/mol. The zero-order valence-electron chi connectivity index (χ0n) is 16.0. The van der Waals surface area contributed by atoms with Crippen molar-refractivity contribution in [1.82, 2.24) is 0 Å². The molecule has 0 radical (unpaired) electrons. The molecule has 0 amide bonds.